The molecule has 0 saturated carbocycles. The zero-order valence-electron chi connectivity index (χ0n) is 9.11. The maximum Gasteiger partial charge on any atom is 0.258 e. The van der Waals surface area contributed by atoms with Crippen LogP contribution in [0.25, 0.3) is 0 Å². The van der Waals surface area contributed by atoms with Crippen LogP contribution in [0.3, 0.4) is 0 Å². The molecule has 2 aromatic rings. The first-order valence-corrected chi connectivity index (χ1v) is 4.92. The number of aromatic amines is 1. The molecule has 2 N–H and O–H groups in total. The molecule has 0 aliphatic carbocycles. The molecule has 0 spiro atoms. The Morgan fingerprint density at radius 1 is 1.38 bits per heavy atom. The van der Waals surface area contributed by atoms with Gasteiger partial charge in [0.05, 0.1) is 0 Å². The van der Waals surface area contributed by atoms with Crippen LogP contribution in [0.2, 0.25) is 0 Å². The molecule has 0 radical (unpaired) electrons. The van der Waals surface area contributed by atoms with Crippen molar-refractivity contribution in [3.63, 3.8) is 0 Å². The quantitative estimate of drug-likeness (QED) is 0.802. The zero-order valence-corrected chi connectivity index (χ0v) is 9.11. The minimum absolute atomic E-state index is 0.206. The Morgan fingerprint density at radius 3 is 2.81 bits per heavy atom. The summed E-state index contributed by atoms with van der Waals surface area (Å²) in [5, 5.41) is 9.11. The maximum atomic E-state index is 11.8. The Bertz CT molecular complexity index is 518. The predicted octanol–water partition coefficient (Wildman–Crippen LogP) is 1.67. The average Bonchev–Trinajstić information content (AvgIpc) is 2.64. The second-order valence-electron chi connectivity index (χ2n) is 3.57. The largest absolute Gasteiger partial charge is 0.289 e. The highest BCUT2D eigenvalue weighted by Gasteiger charge is 2.08. The van der Waals surface area contributed by atoms with E-state index in [2.05, 4.69) is 20.5 Å². The van der Waals surface area contributed by atoms with Gasteiger partial charge in [-0.2, -0.15) is 4.98 Å². The van der Waals surface area contributed by atoms with Gasteiger partial charge in [-0.05, 0) is 26.0 Å². The standard InChI is InChI=1S/C11H12N4O/c1-7-4-3-5-9(6-7)10(16)13-11-12-8(2)14-15-11/h3-6H,1-2H3,(H2,12,13,14,15,16). The molecule has 1 aromatic heterocycles. The molecule has 5 heteroatoms. The number of H-pyrrole nitrogens is 1. The van der Waals surface area contributed by atoms with Crippen LogP contribution in [-0.4, -0.2) is 21.1 Å². The van der Waals surface area contributed by atoms with Gasteiger partial charge in [0.2, 0.25) is 5.95 Å². The fourth-order valence-electron chi connectivity index (χ4n) is 1.36. The highest BCUT2D eigenvalue weighted by atomic mass is 16.1. The van der Waals surface area contributed by atoms with E-state index in [-0.39, 0.29) is 5.91 Å². The van der Waals surface area contributed by atoms with E-state index in [0.717, 1.165) is 5.56 Å². The number of aromatic nitrogens is 3. The van der Waals surface area contributed by atoms with Gasteiger partial charge in [0.1, 0.15) is 5.82 Å². The molecular weight excluding hydrogens is 204 g/mol. The van der Waals surface area contributed by atoms with Crippen molar-refractivity contribution in [1.82, 2.24) is 15.2 Å². The van der Waals surface area contributed by atoms with Gasteiger partial charge in [-0.3, -0.25) is 15.2 Å². The second-order valence-corrected chi connectivity index (χ2v) is 3.57. The van der Waals surface area contributed by atoms with Gasteiger partial charge in [0.25, 0.3) is 5.91 Å². The van der Waals surface area contributed by atoms with Gasteiger partial charge < -0.3 is 0 Å². The molecule has 5 nitrogen and oxygen atoms in total. The smallest absolute Gasteiger partial charge is 0.258 e. The first kappa shape index (κ1) is 10.4. The molecule has 1 aromatic carbocycles. The molecule has 0 fully saturated rings. The number of benzene rings is 1. The SMILES string of the molecule is Cc1cccc(C(=O)Nc2n[nH]c(C)n2)c1. The molecule has 0 bridgehead atoms. The van der Waals surface area contributed by atoms with Crippen LogP contribution < -0.4 is 5.32 Å². The molecule has 2 rings (SSSR count). The molecule has 0 aliphatic rings. The van der Waals surface area contributed by atoms with Crippen LogP contribution in [0.4, 0.5) is 5.95 Å². The van der Waals surface area contributed by atoms with E-state index in [1.165, 1.54) is 0 Å². The summed E-state index contributed by atoms with van der Waals surface area (Å²) in [5.41, 5.74) is 1.64. The van der Waals surface area contributed by atoms with E-state index >= 15 is 0 Å². The number of nitrogens with one attached hydrogen (secondary N) is 2. The molecular formula is C11H12N4O. The number of aryl methyl sites for hydroxylation is 2. The number of hydrogen-bond donors (Lipinski definition) is 2. The molecule has 1 heterocycles. The highest BCUT2D eigenvalue weighted by molar-refractivity contribution is 6.03. The number of carbonyl (C=O) groups excluding carboxylic acids is 1. The van der Waals surface area contributed by atoms with Crippen LogP contribution in [-0.2, 0) is 0 Å². The highest BCUT2D eigenvalue weighted by Crippen LogP contribution is 2.06. The van der Waals surface area contributed by atoms with E-state index in [1.54, 1.807) is 13.0 Å². The van der Waals surface area contributed by atoms with Gasteiger partial charge in [-0.25, -0.2) is 0 Å². The van der Waals surface area contributed by atoms with E-state index in [4.69, 9.17) is 0 Å². The fraction of sp³-hybridized carbons (Fsp3) is 0.182. The van der Waals surface area contributed by atoms with Gasteiger partial charge in [-0.1, -0.05) is 17.7 Å². The molecule has 0 atom stereocenters. The van der Waals surface area contributed by atoms with Crippen molar-refractivity contribution in [1.29, 1.82) is 0 Å². The first-order chi connectivity index (χ1) is 7.65. The Morgan fingerprint density at radius 2 is 2.19 bits per heavy atom. The third-order valence-electron chi connectivity index (χ3n) is 2.10. The summed E-state index contributed by atoms with van der Waals surface area (Å²) >= 11 is 0. The van der Waals surface area contributed by atoms with Crippen LogP contribution in [0, 0.1) is 13.8 Å². The number of amides is 1. The monoisotopic (exact) mass is 216 g/mol. The van der Waals surface area contributed by atoms with Crippen molar-refractivity contribution in [2.45, 2.75) is 13.8 Å². The molecule has 16 heavy (non-hydrogen) atoms. The number of anilines is 1. The van der Waals surface area contributed by atoms with Crippen molar-refractivity contribution >= 4 is 11.9 Å². The summed E-state index contributed by atoms with van der Waals surface area (Å²) in [6, 6.07) is 7.35. The summed E-state index contributed by atoms with van der Waals surface area (Å²) < 4.78 is 0. The van der Waals surface area contributed by atoms with Crippen molar-refractivity contribution in [2.24, 2.45) is 0 Å². The summed E-state index contributed by atoms with van der Waals surface area (Å²) in [4.78, 5) is 15.8. The second kappa shape index (κ2) is 4.14. The first-order valence-electron chi connectivity index (χ1n) is 4.92. The lowest BCUT2D eigenvalue weighted by atomic mass is 10.1. The Labute approximate surface area is 92.9 Å². The van der Waals surface area contributed by atoms with Crippen molar-refractivity contribution in [3.05, 3.63) is 41.2 Å². The lowest BCUT2D eigenvalue weighted by molar-refractivity contribution is 0.102. The molecule has 0 unspecified atom stereocenters. The zero-order chi connectivity index (χ0) is 11.5. The fourth-order valence-corrected chi connectivity index (χ4v) is 1.36. The summed E-state index contributed by atoms with van der Waals surface area (Å²) in [6.45, 7) is 3.71. The third kappa shape index (κ3) is 2.25. The maximum absolute atomic E-state index is 11.8. The van der Waals surface area contributed by atoms with Crippen LogP contribution >= 0.6 is 0 Å². The average molecular weight is 216 g/mol. The van der Waals surface area contributed by atoms with Gasteiger partial charge in [-0.15, -0.1) is 5.10 Å². The molecule has 1 amide bonds. The number of carbonyl (C=O) groups is 1. The van der Waals surface area contributed by atoms with Crippen LogP contribution in [0.5, 0.6) is 0 Å². The van der Waals surface area contributed by atoms with Gasteiger partial charge in [0, 0.05) is 5.56 Å². The topological polar surface area (TPSA) is 70.7 Å². The van der Waals surface area contributed by atoms with E-state index in [9.17, 15) is 4.79 Å². The summed E-state index contributed by atoms with van der Waals surface area (Å²) in [5.74, 6) is 0.756. The van der Waals surface area contributed by atoms with E-state index in [1.807, 2.05) is 25.1 Å². The van der Waals surface area contributed by atoms with Gasteiger partial charge >= 0.3 is 0 Å². The molecule has 0 saturated heterocycles. The molecule has 82 valence electrons. The molecule has 0 aliphatic heterocycles. The van der Waals surface area contributed by atoms with Crippen molar-refractivity contribution in [3.8, 4) is 0 Å². The normalized spacial score (nSPS) is 10.1. The minimum Gasteiger partial charge on any atom is -0.289 e. The lowest BCUT2D eigenvalue weighted by Gasteiger charge is -2.01. The van der Waals surface area contributed by atoms with Crippen molar-refractivity contribution < 1.29 is 4.79 Å². The predicted molar refractivity (Wildman–Crippen MR) is 60.3 cm³/mol. The summed E-state index contributed by atoms with van der Waals surface area (Å²) in [6.07, 6.45) is 0. The lowest BCUT2D eigenvalue weighted by Crippen LogP contribution is -2.13. The van der Waals surface area contributed by atoms with Gasteiger partial charge in [0.15, 0.2) is 0 Å². The Hall–Kier alpha value is -2.17. The minimum atomic E-state index is -0.206. The van der Waals surface area contributed by atoms with Crippen molar-refractivity contribution in [2.75, 3.05) is 5.32 Å². The number of rotatable bonds is 2. The number of hydrogen-bond acceptors (Lipinski definition) is 3. The third-order valence-corrected chi connectivity index (χ3v) is 2.10. The summed E-state index contributed by atoms with van der Waals surface area (Å²) in [7, 11) is 0. The Balaban J connectivity index is 2.14. The van der Waals surface area contributed by atoms with E-state index < -0.39 is 0 Å². The number of nitrogens with zero attached hydrogens (tertiary/aromatic N) is 2. The van der Waals surface area contributed by atoms with Crippen LogP contribution in [0.15, 0.2) is 24.3 Å². The van der Waals surface area contributed by atoms with E-state index in [0.29, 0.717) is 17.3 Å². The van der Waals surface area contributed by atoms with Crippen LogP contribution in [0.1, 0.15) is 21.7 Å². The Kier molecular flexibility index (Phi) is 2.68.